The van der Waals surface area contributed by atoms with Gasteiger partial charge in [0, 0.05) is 18.2 Å². The highest BCUT2D eigenvalue weighted by Crippen LogP contribution is 2.34. The Bertz CT molecular complexity index is 973. The maximum Gasteiger partial charge on any atom is 0.251 e. The molecular weight excluding hydrogens is 355 g/mol. The SMILES string of the molecule is Cc1cc(CNC(=O)c2ccc3c(c2)C[C@@H](C)N3S(C)(=O)=O)ccc1F. The Morgan fingerprint density at radius 3 is 2.65 bits per heavy atom. The fraction of sp³-hybridized carbons (Fsp3) is 0.316. The molecule has 2 aromatic carbocycles. The Balaban J connectivity index is 1.75. The molecule has 7 heteroatoms. The van der Waals surface area contributed by atoms with Gasteiger partial charge >= 0.3 is 0 Å². The molecule has 0 aromatic heterocycles. The minimum absolute atomic E-state index is 0.166. The van der Waals surface area contributed by atoms with Gasteiger partial charge in [0.25, 0.3) is 5.91 Å². The number of nitrogens with one attached hydrogen (secondary N) is 1. The molecule has 0 spiro atoms. The van der Waals surface area contributed by atoms with Gasteiger partial charge < -0.3 is 5.32 Å². The summed E-state index contributed by atoms with van der Waals surface area (Å²) < 4.78 is 38.6. The molecule has 138 valence electrons. The Labute approximate surface area is 152 Å². The van der Waals surface area contributed by atoms with Gasteiger partial charge in [-0.05, 0) is 61.2 Å². The summed E-state index contributed by atoms with van der Waals surface area (Å²) in [7, 11) is -3.35. The third-order valence-corrected chi connectivity index (χ3v) is 5.80. The predicted molar refractivity (Wildman–Crippen MR) is 99.2 cm³/mol. The molecule has 0 aliphatic carbocycles. The normalized spacial score (nSPS) is 16.5. The van der Waals surface area contributed by atoms with E-state index in [-0.39, 0.29) is 17.8 Å². The summed E-state index contributed by atoms with van der Waals surface area (Å²) in [5.74, 6) is -0.525. The fourth-order valence-electron chi connectivity index (χ4n) is 3.35. The lowest BCUT2D eigenvalue weighted by Gasteiger charge is -2.21. The minimum Gasteiger partial charge on any atom is -0.348 e. The van der Waals surface area contributed by atoms with Crippen LogP contribution in [0, 0.1) is 12.7 Å². The molecule has 2 aromatic rings. The number of halogens is 1. The molecule has 3 rings (SSSR count). The molecule has 26 heavy (non-hydrogen) atoms. The molecular formula is C19H21FN2O3S. The zero-order valence-electron chi connectivity index (χ0n) is 14.9. The van der Waals surface area contributed by atoms with E-state index in [2.05, 4.69) is 5.32 Å². The zero-order valence-corrected chi connectivity index (χ0v) is 15.7. The summed E-state index contributed by atoms with van der Waals surface area (Å²) in [4.78, 5) is 12.4. The lowest BCUT2D eigenvalue weighted by Crippen LogP contribution is -2.34. The standard InChI is InChI=1S/C19H21FN2O3S/c1-12-8-14(4-6-17(12)20)11-21-19(23)15-5-7-18-16(10-15)9-13(2)22(18)26(3,24)25/h4-8,10,13H,9,11H2,1-3H3,(H,21,23)/t13-/m1/s1. The molecule has 0 fully saturated rings. The molecule has 1 aliphatic rings. The van der Waals surface area contributed by atoms with Crippen LogP contribution in [0.4, 0.5) is 10.1 Å². The van der Waals surface area contributed by atoms with Crippen LogP contribution in [0.2, 0.25) is 0 Å². The molecule has 1 heterocycles. The third-order valence-electron chi connectivity index (χ3n) is 4.53. The van der Waals surface area contributed by atoms with E-state index in [1.807, 2.05) is 6.92 Å². The van der Waals surface area contributed by atoms with Crippen molar-refractivity contribution in [3.05, 3.63) is 64.5 Å². The summed E-state index contributed by atoms with van der Waals surface area (Å²) in [5, 5.41) is 2.81. The van der Waals surface area contributed by atoms with Crippen LogP contribution in [0.15, 0.2) is 36.4 Å². The highest BCUT2D eigenvalue weighted by molar-refractivity contribution is 7.92. The Morgan fingerprint density at radius 1 is 1.27 bits per heavy atom. The number of benzene rings is 2. The van der Waals surface area contributed by atoms with E-state index < -0.39 is 10.0 Å². The average molecular weight is 376 g/mol. The Kier molecular flexibility index (Phi) is 4.75. The van der Waals surface area contributed by atoms with Gasteiger partial charge in [-0.15, -0.1) is 0 Å². The van der Waals surface area contributed by atoms with Crippen molar-refractivity contribution in [2.75, 3.05) is 10.6 Å². The molecule has 0 unspecified atom stereocenters. The molecule has 0 saturated heterocycles. The molecule has 0 saturated carbocycles. The summed E-state index contributed by atoms with van der Waals surface area (Å²) >= 11 is 0. The van der Waals surface area contributed by atoms with Crippen LogP contribution >= 0.6 is 0 Å². The molecule has 1 N–H and O–H groups in total. The number of aryl methyl sites for hydroxylation is 1. The van der Waals surface area contributed by atoms with Crippen LogP contribution in [-0.2, 0) is 23.0 Å². The quantitative estimate of drug-likeness (QED) is 0.892. The smallest absolute Gasteiger partial charge is 0.251 e. The van der Waals surface area contributed by atoms with Crippen molar-refractivity contribution in [1.29, 1.82) is 0 Å². The highest BCUT2D eigenvalue weighted by Gasteiger charge is 2.32. The van der Waals surface area contributed by atoms with E-state index in [1.165, 1.54) is 16.6 Å². The lowest BCUT2D eigenvalue weighted by atomic mass is 10.1. The predicted octanol–water partition coefficient (Wildman–Crippen LogP) is 2.77. The topological polar surface area (TPSA) is 66.5 Å². The molecule has 1 amide bonds. The number of hydrogen-bond acceptors (Lipinski definition) is 3. The van der Waals surface area contributed by atoms with E-state index in [4.69, 9.17) is 0 Å². The first-order chi connectivity index (χ1) is 12.2. The number of amides is 1. The van der Waals surface area contributed by atoms with Gasteiger partial charge in [-0.2, -0.15) is 0 Å². The van der Waals surface area contributed by atoms with Crippen molar-refractivity contribution in [2.24, 2.45) is 0 Å². The largest absolute Gasteiger partial charge is 0.348 e. The fourth-order valence-corrected chi connectivity index (χ4v) is 4.61. The molecule has 1 aliphatic heterocycles. The number of fused-ring (bicyclic) bond motifs is 1. The van der Waals surface area contributed by atoms with E-state index in [0.717, 1.165) is 11.1 Å². The lowest BCUT2D eigenvalue weighted by molar-refractivity contribution is 0.0951. The molecule has 0 bridgehead atoms. The number of carbonyl (C=O) groups is 1. The minimum atomic E-state index is -3.35. The summed E-state index contributed by atoms with van der Waals surface area (Å²) in [6, 6.07) is 9.59. The van der Waals surface area contributed by atoms with Crippen molar-refractivity contribution in [3.63, 3.8) is 0 Å². The van der Waals surface area contributed by atoms with Crippen LogP contribution in [-0.4, -0.2) is 26.6 Å². The van der Waals surface area contributed by atoms with Crippen molar-refractivity contribution in [1.82, 2.24) is 5.32 Å². The molecule has 0 radical (unpaired) electrons. The van der Waals surface area contributed by atoms with Gasteiger partial charge in [0.15, 0.2) is 0 Å². The second-order valence-corrected chi connectivity index (χ2v) is 8.58. The first-order valence-corrected chi connectivity index (χ1v) is 10.2. The first-order valence-electron chi connectivity index (χ1n) is 8.32. The maximum atomic E-state index is 13.3. The highest BCUT2D eigenvalue weighted by atomic mass is 32.2. The van der Waals surface area contributed by atoms with Crippen LogP contribution in [0.3, 0.4) is 0 Å². The van der Waals surface area contributed by atoms with E-state index >= 15 is 0 Å². The second-order valence-electron chi connectivity index (χ2n) is 6.72. The first kappa shape index (κ1) is 18.4. The van der Waals surface area contributed by atoms with Crippen LogP contribution in [0.25, 0.3) is 0 Å². The van der Waals surface area contributed by atoms with Crippen molar-refractivity contribution in [3.8, 4) is 0 Å². The van der Waals surface area contributed by atoms with Crippen molar-refractivity contribution >= 4 is 21.6 Å². The van der Waals surface area contributed by atoms with Gasteiger partial charge in [0.1, 0.15) is 5.82 Å². The van der Waals surface area contributed by atoms with Gasteiger partial charge in [-0.25, -0.2) is 12.8 Å². The molecule has 5 nitrogen and oxygen atoms in total. The van der Waals surface area contributed by atoms with Crippen LogP contribution in [0.5, 0.6) is 0 Å². The van der Waals surface area contributed by atoms with Gasteiger partial charge in [-0.1, -0.05) is 12.1 Å². The summed E-state index contributed by atoms with van der Waals surface area (Å²) in [6.07, 6.45) is 1.75. The van der Waals surface area contributed by atoms with Crippen molar-refractivity contribution < 1.29 is 17.6 Å². The van der Waals surface area contributed by atoms with E-state index in [1.54, 1.807) is 37.3 Å². The number of nitrogens with zero attached hydrogens (tertiary/aromatic N) is 1. The molecule has 1 atom stereocenters. The number of anilines is 1. The average Bonchev–Trinajstić information content (AvgIpc) is 2.90. The summed E-state index contributed by atoms with van der Waals surface area (Å²) in [5.41, 5.74) is 3.29. The summed E-state index contributed by atoms with van der Waals surface area (Å²) in [6.45, 7) is 3.82. The maximum absolute atomic E-state index is 13.3. The van der Waals surface area contributed by atoms with Gasteiger partial charge in [0.2, 0.25) is 10.0 Å². The van der Waals surface area contributed by atoms with Crippen LogP contribution < -0.4 is 9.62 Å². The third kappa shape index (κ3) is 3.58. The second kappa shape index (κ2) is 6.72. The van der Waals surface area contributed by atoms with E-state index in [0.29, 0.717) is 29.8 Å². The zero-order chi connectivity index (χ0) is 19.1. The Hall–Kier alpha value is -2.41. The number of sulfonamides is 1. The Morgan fingerprint density at radius 2 is 2.00 bits per heavy atom. The number of hydrogen-bond donors (Lipinski definition) is 1. The van der Waals surface area contributed by atoms with Gasteiger partial charge in [-0.3, -0.25) is 9.10 Å². The van der Waals surface area contributed by atoms with Crippen molar-refractivity contribution in [2.45, 2.75) is 32.9 Å². The monoisotopic (exact) mass is 376 g/mol. The number of rotatable bonds is 4. The van der Waals surface area contributed by atoms with Gasteiger partial charge in [0.05, 0.1) is 11.9 Å². The van der Waals surface area contributed by atoms with Crippen LogP contribution in [0.1, 0.15) is 34.0 Å². The number of carbonyl (C=O) groups excluding carboxylic acids is 1. The van der Waals surface area contributed by atoms with E-state index in [9.17, 15) is 17.6 Å².